The molecule has 3 rings (SSSR count). The standard InChI is InChI=1S/C21H23N5O2S/c22-21-25-18(14-29-21)12-20(27)24-17-8-6-15(7-9-17)10-11-23-13-19(26-28)16-4-2-1-3-5-16/h1-9,14,23,28H,10-13H2,(H2,22,25)(H,24,27). The predicted molar refractivity (Wildman–Crippen MR) is 117 cm³/mol. The lowest BCUT2D eigenvalue weighted by Crippen LogP contribution is -2.25. The number of aromatic nitrogens is 1. The third kappa shape index (κ3) is 6.41. The lowest BCUT2D eigenvalue weighted by atomic mass is 10.1. The number of hydrogen-bond donors (Lipinski definition) is 4. The molecule has 150 valence electrons. The van der Waals surface area contributed by atoms with Crippen molar-refractivity contribution in [3.05, 3.63) is 76.8 Å². The number of carbonyl (C=O) groups excluding carboxylic acids is 1. The predicted octanol–water partition coefficient (Wildman–Crippen LogP) is 2.92. The zero-order valence-corrected chi connectivity index (χ0v) is 16.7. The van der Waals surface area contributed by atoms with Crippen molar-refractivity contribution >= 4 is 33.8 Å². The van der Waals surface area contributed by atoms with Crippen LogP contribution in [-0.2, 0) is 17.6 Å². The summed E-state index contributed by atoms with van der Waals surface area (Å²) < 4.78 is 0. The average molecular weight is 410 g/mol. The number of nitrogens with two attached hydrogens (primary N) is 1. The Hall–Kier alpha value is -3.23. The molecule has 0 aliphatic heterocycles. The Morgan fingerprint density at radius 2 is 1.90 bits per heavy atom. The van der Waals surface area contributed by atoms with Gasteiger partial charge in [-0.1, -0.05) is 47.6 Å². The fourth-order valence-corrected chi connectivity index (χ4v) is 3.36. The molecule has 0 saturated heterocycles. The van der Waals surface area contributed by atoms with Gasteiger partial charge in [0.1, 0.15) is 5.71 Å². The minimum Gasteiger partial charge on any atom is -0.411 e. The van der Waals surface area contributed by atoms with Gasteiger partial charge in [-0.3, -0.25) is 4.79 Å². The van der Waals surface area contributed by atoms with E-state index < -0.39 is 0 Å². The van der Waals surface area contributed by atoms with E-state index in [1.165, 1.54) is 11.3 Å². The summed E-state index contributed by atoms with van der Waals surface area (Å²) in [5.74, 6) is -0.124. The van der Waals surface area contributed by atoms with E-state index in [4.69, 9.17) is 5.73 Å². The summed E-state index contributed by atoms with van der Waals surface area (Å²) in [6, 6.07) is 17.3. The minimum atomic E-state index is -0.124. The van der Waals surface area contributed by atoms with E-state index >= 15 is 0 Å². The average Bonchev–Trinajstić information content (AvgIpc) is 3.14. The van der Waals surface area contributed by atoms with E-state index in [1.54, 1.807) is 5.38 Å². The number of carbonyl (C=O) groups is 1. The summed E-state index contributed by atoms with van der Waals surface area (Å²) in [7, 11) is 0. The molecule has 0 unspecified atom stereocenters. The van der Waals surface area contributed by atoms with Crippen LogP contribution in [0.5, 0.6) is 0 Å². The molecule has 0 radical (unpaired) electrons. The van der Waals surface area contributed by atoms with Crippen molar-refractivity contribution in [3.8, 4) is 0 Å². The van der Waals surface area contributed by atoms with Crippen LogP contribution in [0.1, 0.15) is 16.8 Å². The molecule has 5 N–H and O–H groups in total. The Labute approximate surface area is 173 Å². The van der Waals surface area contributed by atoms with Crippen LogP contribution in [0, 0.1) is 0 Å². The second-order valence-electron chi connectivity index (χ2n) is 6.44. The second-order valence-corrected chi connectivity index (χ2v) is 7.33. The molecule has 0 atom stereocenters. The number of nitrogens with zero attached hydrogens (tertiary/aromatic N) is 2. The highest BCUT2D eigenvalue weighted by Crippen LogP contribution is 2.14. The van der Waals surface area contributed by atoms with Crippen LogP contribution in [-0.4, -0.2) is 34.9 Å². The molecule has 0 aliphatic rings. The van der Waals surface area contributed by atoms with Gasteiger partial charge in [-0.2, -0.15) is 0 Å². The molecule has 0 aliphatic carbocycles. The van der Waals surface area contributed by atoms with Crippen molar-refractivity contribution in [3.63, 3.8) is 0 Å². The highest BCUT2D eigenvalue weighted by molar-refractivity contribution is 7.13. The first-order valence-electron chi connectivity index (χ1n) is 9.20. The Morgan fingerprint density at radius 1 is 1.14 bits per heavy atom. The number of nitrogen functional groups attached to an aromatic ring is 1. The minimum absolute atomic E-state index is 0.124. The maximum atomic E-state index is 12.1. The van der Waals surface area contributed by atoms with Crippen LogP contribution in [0.3, 0.4) is 0 Å². The molecule has 0 bridgehead atoms. The van der Waals surface area contributed by atoms with Crippen LogP contribution in [0.25, 0.3) is 0 Å². The van der Waals surface area contributed by atoms with Crippen LogP contribution < -0.4 is 16.4 Å². The summed E-state index contributed by atoms with van der Waals surface area (Å²) in [6.45, 7) is 1.22. The number of hydrogen-bond acceptors (Lipinski definition) is 7. The van der Waals surface area contributed by atoms with Gasteiger partial charge in [-0.15, -0.1) is 11.3 Å². The maximum Gasteiger partial charge on any atom is 0.230 e. The third-order valence-corrected chi connectivity index (χ3v) is 4.98. The fourth-order valence-electron chi connectivity index (χ4n) is 2.79. The first-order valence-corrected chi connectivity index (χ1v) is 10.1. The van der Waals surface area contributed by atoms with Gasteiger partial charge in [0.15, 0.2) is 5.13 Å². The van der Waals surface area contributed by atoms with E-state index in [0.29, 0.717) is 23.1 Å². The van der Waals surface area contributed by atoms with E-state index in [9.17, 15) is 10.0 Å². The Kier molecular flexibility index (Phi) is 7.32. The summed E-state index contributed by atoms with van der Waals surface area (Å²) in [6.07, 6.45) is 1.02. The van der Waals surface area contributed by atoms with Crippen molar-refractivity contribution in [2.75, 3.05) is 24.1 Å². The number of anilines is 2. The molecular weight excluding hydrogens is 386 g/mol. The van der Waals surface area contributed by atoms with Gasteiger partial charge >= 0.3 is 0 Å². The lowest BCUT2D eigenvalue weighted by Gasteiger charge is -2.08. The monoisotopic (exact) mass is 409 g/mol. The Morgan fingerprint density at radius 3 is 2.55 bits per heavy atom. The topological polar surface area (TPSA) is 113 Å². The molecule has 0 fully saturated rings. The molecule has 3 aromatic rings. The Balaban J connectivity index is 1.41. The van der Waals surface area contributed by atoms with Crippen molar-refractivity contribution in [1.82, 2.24) is 10.3 Å². The summed E-state index contributed by atoms with van der Waals surface area (Å²) in [4.78, 5) is 16.2. The first kappa shape index (κ1) is 20.5. The quantitative estimate of drug-likeness (QED) is 0.188. The van der Waals surface area contributed by atoms with Crippen molar-refractivity contribution < 1.29 is 10.0 Å². The molecule has 1 amide bonds. The Bertz CT molecular complexity index is 955. The van der Waals surface area contributed by atoms with Gasteiger partial charge in [-0.25, -0.2) is 4.98 Å². The maximum absolute atomic E-state index is 12.1. The van der Waals surface area contributed by atoms with E-state index in [2.05, 4.69) is 20.8 Å². The summed E-state index contributed by atoms with van der Waals surface area (Å²) in [5.41, 5.74) is 9.64. The van der Waals surface area contributed by atoms with Crippen molar-refractivity contribution in [2.45, 2.75) is 12.8 Å². The first-order chi connectivity index (χ1) is 14.1. The fraction of sp³-hybridized carbons (Fsp3) is 0.190. The number of nitrogens with one attached hydrogen (secondary N) is 2. The second kappa shape index (κ2) is 10.4. The number of rotatable bonds is 9. The molecule has 0 saturated carbocycles. The molecule has 8 heteroatoms. The van der Waals surface area contributed by atoms with Gasteiger partial charge in [0, 0.05) is 23.2 Å². The third-order valence-electron chi connectivity index (χ3n) is 4.26. The normalized spacial score (nSPS) is 11.4. The van der Waals surface area contributed by atoms with E-state index in [-0.39, 0.29) is 12.3 Å². The highest BCUT2D eigenvalue weighted by Gasteiger charge is 2.07. The molecule has 7 nitrogen and oxygen atoms in total. The zero-order valence-electron chi connectivity index (χ0n) is 15.8. The zero-order chi connectivity index (χ0) is 20.5. The summed E-state index contributed by atoms with van der Waals surface area (Å²) in [5, 5.41) is 21.0. The summed E-state index contributed by atoms with van der Waals surface area (Å²) >= 11 is 1.33. The van der Waals surface area contributed by atoms with Gasteiger partial charge in [0.05, 0.1) is 12.1 Å². The smallest absolute Gasteiger partial charge is 0.230 e. The van der Waals surface area contributed by atoms with E-state index in [0.717, 1.165) is 29.8 Å². The van der Waals surface area contributed by atoms with Crippen LogP contribution in [0.4, 0.5) is 10.8 Å². The number of thiazole rings is 1. The SMILES string of the molecule is Nc1nc(CC(=O)Nc2ccc(CCNCC(=NO)c3ccccc3)cc2)cs1. The lowest BCUT2D eigenvalue weighted by molar-refractivity contribution is -0.115. The van der Waals surface area contributed by atoms with Gasteiger partial charge < -0.3 is 21.6 Å². The number of oxime groups is 1. The molecule has 2 aromatic carbocycles. The largest absolute Gasteiger partial charge is 0.411 e. The van der Waals surface area contributed by atoms with Crippen LogP contribution in [0.15, 0.2) is 65.1 Å². The van der Waals surface area contributed by atoms with Crippen LogP contribution in [0.2, 0.25) is 0 Å². The molecular formula is C21H23N5O2S. The molecule has 1 heterocycles. The van der Waals surface area contributed by atoms with E-state index in [1.807, 2.05) is 54.6 Å². The van der Waals surface area contributed by atoms with Crippen LogP contribution >= 0.6 is 11.3 Å². The van der Waals surface area contributed by atoms with Crippen molar-refractivity contribution in [1.29, 1.82) is 0 Å². The number of amides is 1. The van der Waals surface area contributed by atoms with Gasteiger partial charge in [0.25, 0.3) is 0 Å². The molecule has 0 spiro atoms. The number of benzene rings is 2. The van der Waals surface area contributed by atoms with Gasteiger partial charge in [-0.05, 0) is 30.7 Å². The highest BCUT2D eigenvalue weighted by atomic mass is 32.1. The van der Waals surface area contributed by atoms with Crippen molar-refractivity contribution in [2.24, 2.45) is 5.16 Å². The molecule has 29 heavy (non-hydrogen) atoms. The van der Waals surface area contributed by atoms with Gasteiger partial charge in [0.2, 0.25) is 5.91 Å². The molecule has 1 aromatic heterocycles.